The van der Waals surface area contributed by atoms with E-state index in [0.717, 1.165) is 18.0 Å². The van der Waals surface area contributed by atoms with E-state index < -0.39 is 0 Å². The molecule has 10 rings (SSSR count). The Kier molecular flexibility index (Phi) is 18.0. The third-order valence-corrected chi connectivity index (χ3v) is 19.0. The van der Waals surface area contributed by atoms with Crippen molar-refractivity contribution in [1.82, 2.24) is 0 Å². The zero-order chi connectivity index (χ0) is 55.0. The molecule has 3 heteroatoms. The number of rotatable bonds is 29. The molecular weight excluding hydrogens is 959 g/mol. The Labute approximate surface area is 477 Å². The minimum atomic E-state index is -0.168. The molecule has 3 aliphatic rings. The molecule has 0 bridgehead atoms. The standard InChI is InChI=1S/C76H93NO2/c1-9-13-17-21-45-75(46-22-18-14-10-2)70-49-55(5)25-41-66(70)67-42-30-58(50-71(67)75)56-26-32-60(33-27-56)74(6,7)61-34-28-57(29-35-61)59-31-43-68-69-44-38-63(77(8)62-36-39-64(40-37-62)78-53-65-54-79-65)52-73(69)76(72(68)51-59,47-23-19-15-11-3)48-24-20-16-12-4/h25-44,49-52,65H,9-24,45-48,53-54H2,1-8H3. The van der Waals surface area contributed by atoms with Crippen molar-refractivity contribution >= 4 is 11.4 Å². The van der Waals surface area contributed by atoms with Crippen LogP contribution in [0.4, 0.5) is 11.4 Å². The Morgan fingerprint density at radius 3 is 1.25 bits per heavy atom. The third kappa shape index (κ3) is 12.0. The average molecular weight is 1050 g/mol. The average Bonchev–Trinajstić information content (AvgIpc) is 4.39. The van der Waals surface area contributed by atoms with Crippen LogP contribution in [-0.4, -0.2) is 26.4 Å². The van der Waals surface area contributed by atoms with Crippen LogP contribution in [0.2, 0.25) is 0 Å². The molecule has 1 heterocycles. The van der Waals surface area contributed by atoms with Crippen LogP contribution in [0.3, 0.4) is 0 Å². The second-order valence-electron chi connectivity index (χ2n) is 24.8. The summed E-state index contributed by atoms with van der Waals surface area (Å²) in [6.07, 6.45) is 25.6. The van der Waals surface area contributed by atoms with Gasteiger partial charge in [0.25, 0.3) is 0 Å². The Bertz CT molecular complexity index is 3090. The summed E-state index contributed by atoms with van der Waals surface area (Å²) < 4.78 is 11.4. The van der Waals surface area contributed by atoms with E-state index in [-0.39, 0.29) is 22.3 Å². The Morgan fingerprint density at radius 2 is 0.823 bits per heavy atom. The predicted molar refractivity (Wildman–Crippen MR) is 338 cm³/mol. The van der Waals surface area contributed by atoms with E-state index in [9.17, 15) is 0 Å². The third-order valence-electron chi connectivity index (χ3n) is 19.0. The van der Waals surface area contributed by atoms with Crippen LogP contribution in [0.25, 0.3) is 44.5 Å². The maximum absolute atomic E-state index is 6.00. The number of anilines is 2. The predicted octanol–water partition coefficient (Wildman–Crippen LogP) is 21.6. The maximum Gasteiger partial charge on any atom is 0.119 e. The Hall–Kier alpha value is -5.90. The van der Waals surface area contributed by atoms with Gasteiger partial charge in [-0.2, -0.15) is 0 Å². The van der Waals surface area contributed by atoms with Gasteiger partial charge in [0, 0.05) is 34.7 Å². The molecule has 2 aliphatic carbocycles. The molecular formula is C76H93NO2. The lowest BCUT2D eigenvalue weighted by atomic mass is 9.70. The van der Waals surface area contributed by atoms with E-state index in [0.29, 0.717) is 6.61 Å². The number of benzene rings is 7. The molecule has 7 aromatic rings. The van der Waals surface area contributed by atoms with Crippen molar-refractivity contribution in [2.75, 3.05) is 25.2 Å². The highest BCUT2D eigenvalue weighted by molar-refractivity contribution is 5.87. The van der Waals surface area contributed by atoms with E-state index in [2.05, 4.69) is 206 Å². The van der Waals surface area contributed by atoms with Crippen LogP contribution >= 0.6 is 0 Å². The van der Waals surface area contributed by atoms with Gasteiger partial charge in [-0.1, -0.05) is 247 Å². The summed E-state index contributed by atoms with van der Waals surface area (Å²) in [7, 11) is 2.21. The second-order valence-corrected chi connectivity index (χ2v) is 24.8. The normalized spacial score (nSPS) is 15.4. The molecule has 1 atom stereocenters. The molecule has 1 unspecified atom stereocenters. The quantitative estimate of drug-likeness (QED) is 0.0345. The van der Waals surface area contributed by atoms with Crippen molar-refractivity contribution in [3.8, 4) is 50.3 Å². The van der Waals surface area contributed by atoms with Crippen LogP contribution in [0.15, 0.2) is 146 Å². The van der Waals surface area contributed by atoms with Gasteiger partial charge in [0.15, 0.2) is 0 Å². The lowest BCUT2D eigenvalue weighted by Crippen LogP contribution is -2.26. The fourth-order valence-electron chi connectivity index (χ4n) is 14.0. The number of hydrogen-bond donors (Lipinski definition) is 0. The SMILES string of the molecule is CCCCCCC1(CCCCCC)c2cc(C)ccc2-c2ccc(-c3ccc(C(C)(C)c4ccc(-c5ccc6c(c5)C(CCCCCC)(CCCCCC)c5cc(N(C)c7ccc(OCC8CO8)cc7)ccc5-6)cc4)cc3)cc21. The summed E-state index contributed by atoms with van der Waals surface area (Å²) in [5.41, 5.74) is 23.6. The topological polar surface area (TPSA) is 25.0 Å². The molecule has 0 saturated carbocycles. The molecule has 79 heavy (non-hydrogen) atoms. The van der Waals surface area contributed by atoms with Crippen LogP contribution < -0.4 is 9.64 Å². The van der Waals surface area contributed by atoms with Crippen molar-refractivity contribution in [2.45, 2.75) is 199 Å². The molecule has 3 nitrogen and oxygen atoms in total. The molecule has 1 fully saturated rings. The molecule has 7 aromatic carbocycles. The Balaban J connectivity index is 0.919. The largest absolute Gasteiger partial charge is 0.491 e. The summed E-state index contributed by atoms with van der Waals surface area (Å²) in [5.74, 6) is 0.893. The van der Waals surface area contributed by atoms with E-state index in [4.69, 9.17) is 9.47 Å². The molecule has 1 saturated heterocycles. The number of unbranched alkanes of at least 4 members (excludes halogenated alkanes) is 12. The highest BCUT2D eigenvalue weighted by Gasteiger charge is 2.44. The molecule has 0 spiro atoms. The number of ether oxygens (including phenoxy) is 2. The minimum Gasteiger partial charge on any atom is -0.491 e. The van der Waals surface area contributed by atoms with E-state index in [1.165, 1.54) is 206 Å². The van der Waals surface area contributed by atoms with Gasteiger partial charge in [0.1, 0.15) is 18.5 Å². The van der Waals surface area contributed by atoms with Gasteiger partial charge >= 0.3 is 0 Å². The Morgan fingerprint density at radius 1 is 0.443 bits per heavy atom. The lowest BCUT2D eigenvalue weighted by molar-refractivity contribution is 0.263. The monoisotopic (exact) mass is 1050 g/mol. The first-order valence-electron chi connectivity index (χ1n) is 31.4. The summed E-state index contributed by atoms with van der Waals surface area (Å²) >= 11 is 0. The fraction of sp³-hybridized carbons (Fsp3) is 0.447. The van der Waals surface area contributed by atoms with E-state index in [1.54, 1.807) is 11.1 Å². The first-order chi connectivity index (χ1) is 38.5. The molecule has 1 aliphatic heterocycles. The summed E-state index contributed by atoms with van der Waals surface area (Å²) in [6.45, 7) is 17.8. The maximum atomic E-state index is 6.00. The highest BCUT2D eigenvalue weighted by atomic mass is 16.6. The summed E-state index contributed by atoms with van der Waals surface area (Å²) in [6, 6.07) is 57.3. The summed E-state index contributed by atoms with van der Waals surface area (Å²) in [4.78, 5) is 2.35. The second kappa shape index (κ2) is 25.3. The zero-order valence-corrected chi connectivity index (χ0v) is 49.8. The van der Waals surface area contributed by atoms with Crippen molar-refractivity contribution in [2.24, 2.45) is 0 Å². The number of nitrogens with zero attached hydrogens (tertiary/aromatic N) is 1. The van der Waals surface area contributed by atoms with Crippen molar-refractivity contribution < 1.29 is 9.47 Å². The van der Waals surface area contributed by atoms with Gasteiger partial charge in [0.2, 0.25) is 0 Å². The minimum absolute atomic E-state index is 0.0365. The van der Waals surface area contributed by atoms with Crippen molar-refractivity contribution in [1.29, 1.82) is 0 Å². The smallest absolute Gasteiger partial charge is 0.119 e. The highest BCUT2D eigenvalue weighted by Crippen LogP contribution is 2.57. The van der Waals surface area contributed by atoms with Crippen molar-refractivity contribution in [3.05, 3.63) is 185 Å². The zero-order valence-electron chi connectivity index (χ0n) is 49.8. The fourth-order valence-corrected chi connectivity index (χ4v) is 14.0. The van der Waals surface area contributed by atoms with Gasteiger partial charge < -0.3 is 14.4 Å². The molecule has 0 N–H and O–H groups in total. The van der Waals surface area contributed by atoms with Gasteiger partial charge in [-0.05, 0) is 159 Å². The lowest BCUT2D eigenvalue weighted by Gasteiger charge is -2.34. The van der Waals surface area contributed by atoms with Crippen LogP contribution in [0.5, 0.6) is 5.75 Å². The van der Waals surface area contributed by atoms with Crippen molar-refractivity contribution in [3.63, 3.8) is 0 Å². The molecule has 414 valence electrons. The van der Waals surface area contributed by atoms with Gasteiger partial charge in [-0.15, -0.1) is 0 Å². The van der Waals surface area contributed by atoms with Crippen LogP contribution in [0.1, 0.15) is 209 Å². The first-order valence-corrected chi connectivity index (χ1v) is 31.4. The van der Waals surface area contributed by atoms with E-state index in [1.807, 2.05) is 0 Å². The first kappa shape index (κ1) is 56.4. The van der Waals surface area contributed by atoms with Crippen LogP contribution in [0, 0.1) is 6.92 Å². The van der Waals surface area contributed by atoms with E-state index >= 15 is 0 Å². The van der Waals surface area contributed by atoms with Gasteiger partial charge in [-0.25, -0.2) is 0 Å². The number of aryl methyl sites for hydroxylation is 1. The number of epoxide rings is 1. The number of hydrogen-bond acceptors (Lipinski definition) is 3. The summed E-state index contributed by atoms with van der Waals surface area (Å²) in [5, 5.41) is 0. The number of fused-ring (bicyclic) bond motifs is 6. The molecule has 0 radical (unpaired) electrons. The van der Waals surface area contributed by atoms with Crippen LogP contribution in [-0.2, 0) is 21.0 Å². The van der Waals surface area contributed by atoms with Gasteiger partial charge in [-0.3, -0.25) is 0 Å². The van der Waals surface area contributed by atoms with Gasteiger partial charge in [0.05, 0.1) is 6.61 Å². The molecule has 0 amide bonds. The molecule has 0 aromatic heterocycles.